The predicted octanol–water partition coefficient (Wildman–Crippen LogP) is 3.30. The van der Waals surface area contributed by atoms with Crippen LogP contribution in [0.5, 0.6) is 0 Å². The lowest BCUT2D eigenvalue weighted by Crippen LogP contribution is -2.29. The third-order valence-electron chi connectivity index (χ3n) is 5.30. The van der Waals surface area contributed by atoms with Crippen molar-refractivity contribution in [3.8, 4) is 0 Å². The van der Waals surface area contributed by atoms with E-state index in [0.717, 1.165) is 42.6 Å². The van der Waals surface area contributed by atoms with Crippen LogP contribution in [-0.4, -0.2) is 36.9 Å². The van der Waals surface area contributed by atoms with Gasteiger partial charge in [0.2, 0.25) is 0 Å². The molecule has 27 heavy (non-hydrogen) atoms. The Morgan fingerprint density at radius 1 is 1.00 bits per heavy atom. The predicted molar refractivity (Wildman–Crippen MR) is 107 cm³/mol. The van der Waals surface area contributed by atoms with Gasteiger partial charge in [0.25, 0.3) is 15.9 Å². The van der Waals surface area contributed by atoms with Gasteiger partial charge in [-0.05, 0) is 57.7 Å². The number of benzene rings is 1. The molecule has 1 saturated heterocycles. The summed E-state index contributed by atoms with van der Waals surface area (Å²) in [5.41, 5.74) is 4.38. The van der Waals surface area contributed by atoms with Crippen LogP contribution in [0.2, 0.25) is 0 Å². The summed E-state index contributed by atoms with van der Waals surface area (Å²) < 4.78 is 30.5. The Hall–Kier alpha value is -2.28. The minimum atomic E-state index is -3.80. The maximum absolute atomic E-state index is 13.1. The molecule has 0 saturated carbocycles. The number of likely N-dealkylation sites (tertiary alicyclic amines) is 1. The average Bonchev–Trinajstić information content (AvgIpc) is 3.20. The molecule has 0 aliphatic carbocycles. The fraction of sp³-hybridized carbons (Fsp3) is 0.450. The summed E-state index contributed by atoms with van der Waals surface area (Å²) in [5, 5.41) is 0. The molecule has 0 bridgehead atoms. The Morgan fingerprint density at radius 3 is 2.11 bits per heavy atom. The van der Waals surface area contributed by atoms with Crippen LogP contribution in [0.15, 0.2) is 23.1 Å². The molecule has 3 rings (SSSR count). The summed E-state index contributed by atoms with van der Waals surface area (Å²) in [7, 11) is -2.07. The Morgan fingerprint density at radius 2 is 1.56 bits per heavy atom. The minimum Gasteiger partial charge on any atom is -0.343 e. The second-order valence-electron chi connectivity index (χ2n) is 7.42. The van der Waals surface area contributed by atoms with E-state index in [1.807, 2.05) is 32.9 Å². The number of aromatic nitrogens is 1. The van der Waals surface area contributed by atoms with Crippen LogP contribution in [0.1, 0.15) is 45.7 Å². The maximum atomic E-state index is 13.1. The molecule has 1 N–H and O–H groups in total. The quantitative estimate of drug-likeness (QED) is 0.872. The zero-order valence-corrected chi connectivity index (χ0v) is 17.4. The third-order valence-corrected chi connectivity index (χ3v) is 6.77. The van der Waals surface area contributed by atoms with E-state index >= 15 is 0 Å². The molecule has 1 aliphatic heterocycles. The molecule has 1 aromatic carbocycles. The van der Waals surface area contributed by atoms with Gasteiger partial charge in [0, 0.05) is 25.8 Å². The molecule has 7 heteroatoms. The summed E-state index contributed by atoms with van der Waals surface area (Å²) in [6.07, 6.45) is 1.99. The SMILES string of the molecule is Cc1cc(C)c(NS(=O)(=O)c2cc(C(=O)N3CCCC3)n(C)c2C)c(C)c1. The van der Waals surface area contributed by atoms with Gasteiger partial charge in [0.05, 0.1) is 5.69 Å². The first kappa shape index (κ1) is 19.5. The fourth-order valence-corrected chi connectivity index (χ4v) is 5.25. The van der Waals surface area contributed by atoms with Crippen molar-refractivity contribution < 1.29 is 13.2 Å². The largest absolute Gasteiger partial charge is 0.343 e. The monoisotopic (exact) mass is 389 g/mol. The zero-order valence-electron chi connectivity index (χ0n) is 16.6. The number of carbonyl (C=O) groups excluding carboxylic acids is 1. The molecule has 1 amide bonds. The van der Waals surface area contributed by atoms with Crippen molar-refractivity contribution in [1.29, 1.82) is 0 Å². The lowest BCUT2D eigenvalue weighted by molar-refractivity contribution is 0.0783. The van der Waals surface area contributed by atoms with Crippen LogP contribution in [-0.2, 0) is 17.1 Å². The Balaban J connectivity index is 1.98. The molecule has 1 aliphatic rings. The Labute approximate surface area is 161 Å². The second kappa shape index (κ2) is 7.03. The number of aryl methyl sites for hydroxylation is 3. The number of hydrogen-bond acceptors (Lipinski definition) is 3. The molecular formula is C20H27N3O3S. The van der Waals surface area contributed by atoms with Crippen LogP contribution < -0.4 is 4.72 Å². The van der Waals surface area contributed by atoms with Gasteiger partial charge < -0.3 is 9.47 Å². The topological polar surface area (TPSA) is 71.4 Å². The first-order chi connectivity index (χ1) is 12.6. The van der Waals surface area contributed by atoms with Crippen molar-refractivity contribution in [3.63, 3.8) is 0 Å². The minimum absolute atomic E-state index is 0.109. The van der Waals surface area contributed by atoms with Gasteiger partial charge in [-0.25, -0.2) is 8.42 Å². The van der Waals surface area contributed by atoms with E-state index in [-0.39, 0.29) is 10.8 Å². The molecule has 0 radical (unpaired) electrons. The number of hydrogen-bond donors (Lipinski definition) is 1. The Kier molecular flexibility index (Phi) is 5.08. The molecule has 6 nitrogen and oxygen atoms in total. The Bertz CT molecular complexity index is 977. The second-order valence-corrected chi connectivity index (χ2v) is 9.07. The highest BCUT2D eigenvalue weighted by Gasteiger charge is 2.28. The van der Waals surface area contributed by atoms with Gasteiger partial charge >= 0.3 is 0 Å². The lowest BCUT2D eigenvalue weighted by atomic mass is 10.1. The molecule has 1 aromatic heterocycles. The maximum Gasteiger partial charge on any atom is 0.270 e. The summed E-state index contributed by atoms with van der Waals surface area (Å²) in [4.78, 5) is 14.7. The zero-order chi connectivity index (χ0) is 19.9. The standard InChI is InChI=1S/C20H27N3O3S/c1-13-10-14(2)19(15(3)11-13)21-27(25,26)18-12-17(22(5)16(18)4)20(24)23-8-6-7-9-23/h10-12,21H,6-9H2,1-5H3. The number of nitrogens with one attached hydrogen (secondary N) is 1. The molecule has 2 aromatic rings. The number of nitrogens with zero attached hydrogens (tertiary/aromatic N) is 2. The van der Waals surface area contributed by atoms with Crippen molar-refractivity contribution in [2.24, 2.45) is 7.05 Å². The average molecular weight is 390 g/mol. The van der Waals surface area contributed by atoms with Crippen molar-refractivity contribution >= 4 is 21.6 Å². The normalized spacial score (nSPS) is 14.6. The number of anilines is 1. The number of carbonyl (C=O) groups is 1. The number of rotatable bonds is 4. The molecule has 1 fully saturated rings. The smallest absolute Gasteiger partial charge is 0.270 e. The molecular weight excluding hydrogens is 362 g/mol. The first-order valence-corrected chi connectivity index (χ1v) is 10.7. The molecule has 0 unspecified atom stereocenters. The van der Waals surface area contributed by atoms with E-state index in [9.17, 15) is 13.2 Å². The third kappa shape index (κ3) is 3.60. The van der Waals surface area contributed by atoms with E-state index in [2.05, 4.69) is 4.72 Å². The summed E-state index contributed by atoms with van der Waals surface area (Å²) >= 11 is 0. The summed E-state index contributed by atoms with van der Waals surface area (Å²) in [6.45, 7) is 8.94. The van der Waals surface area contributed by atoms with E-state index < -0.39 is 10.0 Å². The van der Waals surface area contributed by atoms with Crippen molar-refractivity contribution in [1.82, 2.24) is 9.47 Å². The van der Waals surface area contributed by atoms with E-state index in [1.54, 1.807) is 23.4 Å². The first-order valence-electron chi connectivity index (χ1n) is 9.18. The van der Waals surface area contributed by atoms with Crippen LogP contribution in [0.25, 0.3) is 0 Å². The van der Waals surface area contributed by atoms with E-state index in [4.69, 9.17) is 0 Å². The highest BCUT2D eigenvalue weighted by atomic mass is 32.2. The van der Waals surface area contributed by atoms with Crippen LogP contribution in [0, 0.1) is 27.7 Å². The van der Waals surface area contributed by atoms with Gasteiger partial charge in [-0.3, -0.25) is 9.52 Å². The van der Waals surface area contributed by atoms with E-state index in [1.165, 1.54) is 6.07 Å². The van der Waals surface area contributed by atoms with Gasteiger partial charge in [0.15, 0.2) is 0 Å². The number of sulfonamides is 1. The van der Waals surface area contributed by atoms with Gasteiger partial charge in [-0.1, -0.05) is 17.7 Å². The summed E-state index contributed by atoms with van der Waals surface area (Å²) in [5.74, 6) is -0.109. The van der Waals surface area contributed by atoms with Crippen molar-refractivity contribution in [2.75, 3.05) is 17.8 Å². The highest BCUT2D eigenvalue weighted by Crippen LogP contribution is 2.28. The molecule has 0 atom stereocenters. The summed E-state index contributed by atoms with van der Waals surface area (Å²) in [6, 6.07) is 5.40. The van der Waals surface area contributed by atoms with Crippen LogP contribution in [0.4, 0.5) is 5.69 Å². The highest BCUT2D eigenvalue weighted by molar-refractivity contribution is 7.92. The number of amides is 1. The molecule has 146 valence electrons. The lowest BCUT2D eigenvalue weighted by Gasteiger charge is -2.15. The fourth-order valence-electron chi connectivity index (χ4n) is 3.76. The van der Waals surface area contributed by atoms with Crippen molar-refractivity contribution in [3.05, 3.63) is 46.3 Å². The van der Waals surface area contributed by atoms with Gasteiger partial charge in [-0.15, -0.1) is 0 Å². The van der Waals surface area contributed by atoms with Crippen LogP contribution in [0.3, 0.4) is 0 Å². The van der Waals surface area contributed by atoms with E-state index in [0.29, 0.717) is 17.1 Å². The molecule has 2 heterocycles. The van der Waals surface area contributed by atoms with Gasteiger partial charge in [0.1, 0.15) is 10.6 Å². The molecule has 0 spiro atoms. The van der Waals surface area contributed by atoms with Crippen LogP contribution >= 0.6 is 0 Å². The van der Waals surface area contributed by atoms with Gasteiger partial charge in [-0.2, -0.15) is 0 Å². The van der Waals surface area contributed by atoms with Crippen molar-refractivity contribution in [2.45, 2.75) is 45.4 Å².